The number of aliphatic hydroxyl groups excluding tert-OH is 1. The Morgan fingerprint density at radius 3 is 2.69 bits per heavy atom. The molecule has 0 amide bonds. The summed E-state index contributed by atoms with van der Waals surface area (Å²) < 4.78 is 0. The van der Waals surface area contributed by atoms with E-state index in [2.05, 4.69) is 36.1 Å². The molecule has 1 heterocycles. The lowest BCUT2D eigenvalue weighted by molar-refractivity contribution is 0.132. The Bertz CT molecular complexity index is 333. The minimum absolute atomic E-state index is 0.142. The molecule has 4 nitrogen and oxygen atoms in total. The maximum absolute atomic E-state index is 9.81. The highest BCUT2D eigenvalue weighted by Crippen LogP contribution is 2.20. The molecule has 0 saturated heterocycles. The molecule has 0 saturated carbocycles. The summed E-state index contributed by atoms with van der Waals surface area (Å²) in [5, 5.41) is 12.9. The van der Waals surface area contributed by atoms with Crippen molar-refractivity contribution in [2.24, 2.45) is 5.41 Å². The maximum Gasteiger partial charge on any atom is 0.129 e. The highest BCUT2D eigenvalue weighted by Gasteiger charge is 2.16. The number of hydrogen-bond donors (Lipinski definition) is 2. The maximum atomic E-state index is 9.81. The first-order valence-corrected chi connectivity index (χ1v) is 5.58. The molecule has 1 rings (SSSR count). The molecule has 0 spiro atoms. The molecule has 0 fully saturated rings. The van der Waals surface area contributed by atoms with Gasteiger partial charge >= 0.3 is 0 Å². The molecule has 0 aromatic carbocycles. The molecule has 0 bridgehead atoms. The Hall–Kier alpha value is -1.16. The van der Waals surface area contributed by atoms with Crippen LogP contribution >= 0.6 is 0 Å². The van der Waals surface area contributed by atoms with Crippen LogP contribution in [-0.2, 0) is 0 Å². The SMILES string of the molecule is Cc1nccc(NCC(O)CC(C)(C)C)n1. The van der Waals surface area contributed by atoms with E-state index in [0.717, 1.165) is 18.1 Å². The second-order valence-electron chi connectivity index (χ2n) is 5.29. The van der Waals surface area contributed by atoms with Crippen molar-refractivity contribution in [3.05, 3.63) is 18.1 Å². The summed E-state index contributed by atoms with van der Waals surface area (Å²) in [5.74, 6) is 1.50. The van der Waals surface area contributed by atoms with Crippen LogP contribution in [0.15, 0.2) is 12.3 Å². The van der Waals surface area contributed by atoms with Gasteiger partial charge in [-0.05, 0) is 24.8 Å². The van der Waals surface area contributed by atoms with Crippen LogP contribution in [0.1, 0.15) is 33.0 Å². The first kappa shape index (κ1) is 12.9. The summed E-state index contributed by atoms with van der Waals surface area (Å²) in [7, 11) is 0. The van der Waals surface area contributed by atoms with E-state index in [1.54, 1.807) is 12.3 Å². The highest BCUT2D eigenvalue weighted by atomic mass is 16.3. The minimum atomic E-state index is -0.352. The molecule has 0 aliphatic rings. The van der Waals surface area contributed by atoms with Gasteiger partial charge in [0.15, 0.2) is 0 Å². The number of aromatic nitrogens is 2. The monoisotopic (exact) mass is 223 g/mol. The van der Waals surface area contributed by atoms with E-state index < -0.39 is 0 Å². The third kappa shape index (κ3) is 5.07. The number of nitrogens with one attached hydrogen (secondary N) is 1. The number of nitrogens with zero attached hydrogens (tertiary/aromatic N) is 2. The minimum Gasteiger partial charge on any atom is -0.391 e. The topological polar surface area (TPSA) is 58.0 Å². The van der Waals surface area contributed by atoms with Crippen LogP contribution in [0.4, 0.5) is 5.82 Å². The van der Waals surface area contributed by atoms with Gasteiger partial charge in [-0.15, -0.1) is 0 Å². The summed E-state index contributed by atoms with van der Waals surface area (Å²) in [4.78, 5) is 8.22. The van der Waals surface area contributed by atoms with Gasteiger partial charge in [0, 0.05) is 12.7 Å². The summed E-state index contributed by atoms with van der Waals surface area (Å²) in [6.45, 7) is 8.71. The van der Waals surface area contributed by atoms with Crippen LogP contribution in [0, 0.1) is 12.3 Å². The fraction of sp³-hybridized carbons (Fsp3) is 0.667. The Balaban J connectivity index is 2.40. The third-order valence-corrected chi connectivity index (χ3v) is 2.14. The second-order valence-corrected chi connectivity index (χ2v) is 5.29. The summed E-state index contributed by atoms with van der Waals surface area (Å²) >= 11 is 0. The van der Waals surface area contributed by atoms with Gasteiger partial charge in [-0.2, -0.15) is 0 Å². The number of hydrogen-bond acceptors (Lipinski definition) is 4. The van der Waals surface area contributed by atoms with Gasteiger partial charge in [-0.3, -0.25) is 0 Å². The van der Waals surface area contributed by atoms with Crippen molar-refractivity contribution in [2.45, 2.75) is 40.2 Å². The molecular formula is C12H21N3O. The van der Waals surface area contributed by atoms with E-state index in [0.29, 0.717) is 6.54 Å². The van der Waals surface area contributed by atoms with E-state index in [9.17, 15) is 5.11 Å². The van der Waals surface area contributed by atoms with Gasteiger partial charge in [-0.25, -0.2) is 9.97 Å². The Labute approximate surface area is 97.1 Å². The zero-order valence-corrected chi connectivity index (χ0v) is 10.5. The lowest BCUT2D eigenvalue weighted by Gasteiger charge is -2.22. The molecule has 1 aromatic heterocycles. The highest BCUT2D eigenvalue weighted by molar-refractivity contribution is 5.32. The summed E-state index contributed by atoms with van der Waals surface area (Å²) in [5.41, 5.74) is 0.142. The second kappa shape index (κ2) is 5.25. The molecule has 16 heavy (non-hydrogen) atoms. The fourth-order valence-electron chi connectivity index (χ4n) is 1.56. The van der Waals surface area contributed by atoms with E-state index in [4.69, 9.17) is 0 Å². The average molecular weight is 223 g/mol. The molecule has 0 aliphatic heterocycles. The summed E-state index contributed by atoms with van der Waals surface area (Å²) in [6, 6.07) is 1.80. The number of anilines is 1. The Kier molecular flexibility index (Phi) is 4.24. The predicted octanol–water partition coefficient (Wildman–Crippen LogP) is 1.99. The van der Waals surface area contributed by atoms with Crippen molar-refractivity contribution in [3.8, 4) is 0 Å². The standard InChI is InChI=1S/C12H21N3O/c1-9-13-6-5-11(15-9)14-8-10(16)7-12(2,3)4/h5-6,10,16H,7-8H2,1-4H3,(H,13,14,15). The van der Waals surface area contributed by atoms with E-state index in [1.165, 1.54) is 0 Å². The molecule has 90 valence electrons. The lowest BCUT2D eigenvalue weighted by atomic mass is 9.89. The van der Waals surface area contributed by atoms with Crippen LogP contribution in [0.25, 0.3) is 0 Å². The quantitative estimate of drug-likeness (QED) is 0.819. The Morgan fingerprint density at radius 2 is 2.12 bits per heavy atom. The molecule has 1 aromatic rings. The van der Waals surface area contributed by atoms with Crippen molar-refractivity contribution < 1.29 is 5.11 Å². The first-order valence-electron chi connectivity index (χ1n) is 5.58. The largest absolute Gasteiger partial charge is 0.391 e. The Morgan fingerprint density at radius 1 is 1.44 bits per heavy atom. The lowest BCUT2D eigenvalue weighted by Crippen LogP contribution is -2.25. The van der Waals surface area contributed by atoms with Crippen LogP contribution in [0.3, 0.4) is 0 Å². The number of aliphatic hydroxyl groups is 1. The van der Waals surface area contributed by atoms with Crippen molar-refractivity contribution >= 4 is 5.82 Å². The molecule has 0 aliphatic carbocycles. The number of rotatable bonds is 4. The van der Waals surface area contributed by atoms with Crippen molar-refractivity contribution in [3.63, 3.8) is 0 Å². The normalized spacial score (nSPS) is 13.6. The first-order chi connectivity index (χ1) is 7.37. The molecule has 1 unspecified atom stereocenters. The van der Waals surface area contributed by atoms with E-state index in [1.807, 2.05) is 6.92 Å². The van der Waals surface area contributed by atoms with E-state index >= 15 is 0 Å². The zero-order chi connectivity index (χ0) is 12.2. The van der Waals surface area contributed by atoms with Gasteiger partial charge in [0.05, 0.1) is 6.10 Å². The fourth-order valence-corrected chi connectivity index (χ4v) is 1.56. The molecule has 0 radical (unpaired) electrons. The smallest absolute Gasteiger partial charge is 0.129 e. The van der Waals surface area contributed by atoms with Crippen LogP contribution < -0.4 is 5.32 Å². The molecule has 4 heteroatoms. The summed E-state index contributed by atoms with van der Waals surface area (Å²) in [6.07, 6.45) is 2.13. The van der Waals surface area contributed by atoms with Crippen LogP contribution in [-0.4, -0.2) is 27.7 Å². The van der Waals surface area contributed by atoms with Gasteiger partial charge in [-0.1, -0.05) is 20.8 Å². The van der Waals surface area contributed by atoms with Crippen molar-refractivity contribution in [1.82, 2.24) is 9.97 Å². The van der Waals surface area contributed by atoms with E-state index in [-0.39, 0.29) is 11.5 Å². The molecule has 1 atom stereocenters. The van der Waals surface area contributed by atoms with Crippen LogP contribution in [0.5, 0.6) is 0 Å². The zero-order valence-electron chi connectivity index (χ0n) is 10.5. The third-order valence-electron chi connectivity index (χ3n) is 2.14. The van der Waals surface area contributed by atoms with Crippen molar-refractivity contribution in [2.75, 3.05) is 11.9 Å². The van der Waals surface area contributed by atoms with Crippen LogP contribution in [0.2, 0.25) is 0 Å². The van der Waals surface area contributed by atoms with Gasteiger partial charge in [0.1, 0.15) is 11.6 Å². The van der Waals surface area contributed by atoms with Gasteiger partial charge < -0.3 is 10.4 Å². The van der Waals surface area contributed by atoms with Gasteiger partial charge in [0.25, 0.3) is 0 Å². The van der Waals surface area contributed by atoms with Gasteiger partial charge in [0.2, 0.25) is 0 Å². The molecular weight excluding hydrogens is 202 g/mol. The van der Waals surface area contributed by atoms with Crippen molar-refractivity contribution in [1.29, 1.82) is 0 Å². The predicted molar refractivity (Wildman–Crippen MR) is 65.3 cm³/mol. The average Bonchev–Trinajstić information content (AvgIpc) is 2.12. The number of aryl methyl sites for hydroxylation is 1. The molecule has 2 N–H and O–H groups in total.